The molecular weight excluding hydrogens is 777 g/mol. The Kier molecular flexibility index (Phi) is 8.08. The first kappa shape index (κ1) is 36.7. The van der Waals surface area contributed by atoms with Crippen LogP contribution in [0.5, 0.6) is 5.75 Å². The van der Waals surface area contributed by atoms with Gasteiger partial charge in [-0.15, -0.1) is 0 Å². The van der Waals surface area contributed by atoms with Crippen molar-refractivity contribution in [3.05, 3.63) is 235 Å². The molecule has 2 unspecified atom stereocenters. The number of nitrogens with zero attached hydrogens (tertiary/aromatic N) is 2. The minimum atomic E-state index is -0.106. The molecule has 64 heavy (non-hydrogen) atoms. The van der Waals surface area contributed by atoms with Crippen molar-refractivity contribution in [3.8, 4) is 44.8 Å². The van der Waals surface area contributed by atoms with Crippen LogP contribution in [0.15, 0.2) is 218 Å². The number of allylic oxidation sites excluding steroid dienone is 2. The summed E-state index contributed by atoms with van der Waals surface area (Å²) in [5.41, 5.74) is 18.0. The summed E-state index contributed by atoms with van der Waals surface area (Å²) < 4.78 is 9.53. The van der Waals surface area contributed by atoms with Crippen LogP contribution >= 0.6 is 0 Å². The topological polar surface area (TPSA) is 17.4 Å². The summed E-state index contributed by atoms with van der Waals surface area (Å²) in [6.07, 6.45) is 8.76. The molecule has 9 aromatic carbocycles. The van der Waals surface area contributed by atoms with Crippen LogP contribution in [0.25, 0.3) is 71.6 Å². The number of aromatic nitrogens is 1. The zero-order chi connectivity index (χ0) is 42.5. The van der Waals surface area contributed by atoms with E-state index in [1.54, 1.807) is 0 Å². The molecule has 2 heterocycles. The molecule has 0 amide bonds. The molecule has 0 saturated carbocycles. The molecule has 2 atom stereocenters. The van der Waals surface area contributed by atoms with Crippen molar-refractivity contribution < 1.29 is 4.74 Å². The molecule has 13 rings (SSSR count). The maximum Gasteiger partial charge on any atom is 0.134 e. The van der Waals surface area contributed by atoms with Crippen molar-refractivity contribution in [2.45, 2.75) is 31.3 Å². The first-order chi connectivity index (χ1) is 31.5. The number of anilines is 3. The number of hydrogen-bond acceptors (Lipinski definition) is 2. The average molecular weight is 821 g/mol. The minimum Gasteiger partial charge on any atom is -0.484 e. The SMILES string of the molecule is CC1(C)c2ccccc2-c2ccc(N(c3ccccc3)c3ccc(-c4cc5c(c6c7c8ccccc8ccc7n(-c7ccc(-c8ccccc8)cc7)c46)OC4C=CC=CC54)cc3)cc21. The number of para-hydroxylation sites is 1. The maximum atomic E-state index is 7.06. The second-order valence-corrected chi connectivity index (χ2v) is 18.0. The maximum absolute atomic E-state index is 7.06. The fraction of sp³-hybridized carbons (Fsp3) is 0.0820. The Labute approximate surface area is 373 Å². The number of ether oxygens (including phenoxy) is 1. The van der Waals surface area contributed by atoms with Crippen molar-refractivity contribution in [1.29, 1.82) is 0 Å². The van der Waals surface area contributed by atoms with Crippen LogP contribution in [-0.4, -0.2) is 10.7 Å². The third kappa shape index (κ3) is 5.47. The number of hydrogen-bond donors (Lipinski definition) is 0. The van der Waals surface area contributed by atoms with Crippen LogP contribution in [0.2, 0.25) is 0 Å². The Morgan fingerprint density at radius 3 is 1.98 bits per heavy atom. The van der Waals surface area contributed by atoms with Gasteiger partial charge < -0.3 is 14.2 Å². The van der Waals surface area contributed by atoms with E-state index in [4.69, 9.17) is 4.74 Å². The fourth-order valence-electron chi connectivity index (χ4n) is 11.0. The summed E-state index contributed by atoms with van der Waals surface area (Å²) >= 11 is 0. The van der Waals surface area contributed by atoms with E-state index < -0.39 is 0 Å². The molecule has 0 radical (unpaired) electrons. The van der Waals surface area contributed by atoms with Gasteiger partial charge in [-0.05, 0) is 116 Å². The zero-order valence-corrected chi connectivity index (χ0v) is 35.7. The van der Waals surface area contributed by atoms with Gasteiger partial charge in [-0.25, -0.2) is 0 Å². The Hall–Kier alpha value is -7.88. The van der Waals surface area contributed by atoms with Crippen LogP contribution in [0.4, 0.5) is 17.1 Å². The third-order valence-corrected chi connectivity index (χ3v) is 14.1. The normalized spacial score (nSPS) is 16.4. The molecule has 3 nitrogen and oxygen atoms in total. The summed E-state index contributed by atoms with van der Waals surface area (Å²) in [5.74, 6) is 1.12. The molecule has 2 aliphatic carbocycles. The van der Waals surface area contributed by atoms with Gasteiger partial charge in [-0.3, -0.25) is 0 Å². The molecule has 0 saturated heterocycles. The number of benzene rings is 9. The lowest BCUT2D eigenvalue weighted by atomic mass is 9.82. The van der Waals surface area contributed by atoms with Gasteiger partial charge in [0.1, 0.15) is 11.9 Å². The highest BCUT2D eigenvalue weighted by Gasteiger charge is 2.38. The molecule has 3 heteroatoms. The lowest BCUT2D eigenvalue weighted by molar-refractivity contribution is 0.271. The molecule has 304 valence electrons. The molecular formula is C61H44N2O. The summed E-state index contributed by atoms with van der Waals surface area (Å²) in [4.78, 5) is 2.40. The Morgan fingerprint density at radius 2 is 1.16 bits per heavy atom. The highest BCUT2D eigenvalue weighted by molar-refractivity contribution is 6.26. The highest BCUT2D eigenvalue weighted by Crippen LogP contribution is 2.54. The first-order valence-corrected chi connectivity index (χ1v) is 22.4. The fourth-order valence-corrected chi connectivity index (χ4v) is 11.0. The minimum absolute atomic E-state index is 0.0520. The largest absolute Gasteiger partial charge is 0.484 e. The van der Waals surface area contributed by atoms with Gasteiger partial charge in [-0.1, -0.05) is 166 Å². The molecule has 0 spiro atoms. The molecule has 0 bridgehead atoms. The summed E-state index contributed by atoms with van der Waals surface area (Å²) in [6, 6.07) is 71.4. The van der Waals surface area contributed by atoms with Crippen LogP contribution in [0.1, 0.15) is 36.5 Å². The standard InChI is InChI=1S/C61H44N2O/c1-61(2)53-23-13-11-21-48(53)49-35-34-46(37-54(49)61)62(43-18-7-4-8-19-43)44-32-27-42(28-33-44)51-38-52-50-22-12-14-24-56(50)64-60(52)58-57-47-20-10-9-17-41(47)29-36-55(57)63(59(51)58)45-30-25-40(26-31-45)39-15-5-3-6-16-39/h3-38,50,56H,1-2H3. The van der Waals surface area contributed by atoms with Gasteiger partial charge in [0, 0.05) is 50.6 Å². The second-order valence-electron chi connectivity index (χ2n) is 18.0. The lowest BCUT2D eigenvalue weighted by Crippen LogP contribution is -2.16. The van der Waals surface area contributed by atoms with Gasteiger partial charge in [0.2, 0.25) is 0 Å². The van der Waals surface area contributed by atoms with Crippen LogP contribution in [-0.2, 0) is 5.41 Å². The first-order valence-electron chi connectivity index (χ1n) is 22.4. The van der Waals surface area contributed by atoms with Gasteiger partial charge in [0.25, 0.3) is 0 Å². The Bertz CT molecular complexity index is 3540. The molecule has 0 fully saturated rings. The van der Waals surface area contributed by atoms with Crippen molar-refractivity contribution in [1.82, 2.24) is 4.57 Å². The third-order valence-electron chi connectivity index (χ3n) is 14.1. The predicted molar refractivity (Wildman–Crippen MR) is 267 cm³/mol. The van der Waals surface area contributed by atoms with E-state index >= 15 is 0 Å². The number of rotatable bonds is 6. The van der Waals surface area contributed by atoms with E-state index in [-0.39, 0.29) is 17.4 Å². The monoisotopic (exact) mass is 820 g/mol. The van der Waals surface area contributed by atoms with E-state index in [2.05, 4.69) is 242 Å². The quantitative estimate of drug-likeness (QED) is 0.166. The molecule has 1 aliphatic heterocycles. The van der Waals surface area contributed by atoms with E-state index in [0.29, 0.717) is 0 Å². The van der Waals surface area contributed by atoms with Gasteiger partial charge >= 0.3 is 0 Å². The van der Waals surface area contributed by atoms with Gasteiger partial charge in [0.15, 0.2) is 0 Å². The van der Waals surface area contributed by atoms with Crippen LogP contribution in [0, 0.1) is 0 Å². The summed E-state index contributed by atoms with van der Waals surface area (Å²) in [7, 11) is 0. The van der Waals surface area contributed by atoms with Crippen LogP contribution in [0.3, 0.4) is 0 Å². The smallest absolute Gasteiger partial charge is 0.134 e. The lowest BCUT2D eigenvalue weighted by Gasteiger charge is -2.28. The molecule has 1 aromatic heterocycles. The second kappa shape index (κ2) is 14.1. The summed E-state index contributed by atoms with van der Waals surface area (Å²) in [5, 5.41) is 4.83. The Balaban J connectivity index is 1.03. The van der Waals surface area contributed by atoms with E-state index in [1.165, 1.54) is 66.1 Å². The molecule has 0 N–H and O–H groups in total. The van der Waals surface area contributed by atoms with Crippen molar-refractivity contribution >= 4 is 49.6 Å². The zero-order valence-electron chi connectivity index (χ0n) is 35.7. The average Bonchev–Trinajstić information content (AvgIpc) is 3.98. The Morgan fingerprint density at radius 1 is 0.500 bits per heavy atom. The van der Waals surface area contributed by atoms with Crippen molar-refractivity contribution in [2.24, 2.45) is 0 Å². The van der Waals surface area contributed by atoms with Gasteiger partial charge in [-0.2, -0.15) is 0 Å². The highest BCUT2D eigenvalue weighted by atomic mass is 16.5. The van der Waals surface area contributed by atoms with Gasteiger partial charge in [0.05, 0.1) is 16.4 Å². The summed E-state index contributed by atoms with van der Waals surface area (Å²) in [6.45, 7) is 4.71. The van der Waals surface area contributed by atoms with E-state index in [0.717, 1.165) is 45.1 Å². The van der Waals surface area contributed by atoms with Crippen molar-refractivity contribution in [3.63, 3.8) is 0 Å². The molecule has 10 aromatic rings. The number of fused-ring (bicyclic) bond motifs is 12. The van der Waals surface area contributed by atoms with E-state index in [1.807, 2.05) is 0 Å². The van der Waals surface area contributed by atoms with Crippen molar-refractivity contribution in [2.75, 3.05) is 4.90 Å². The van der Waals surface area contributed by atoms with E-state index in [9.17, 15) is 0 Å². The molecule has 3 aliphatic rings. The predicted octanol–water partition coefficient (Wildman–Crippen LogP) is 16.0. The van der Waals surface area contributed by atoms with Crippen LogP contribution < -0.4 is 9.64 Å².